The number of hydrogen-bond acceptors (Lipinski definition) is 2. The smallest absolute Gasteiger partial charge is 0.158 e. The molecule has 0 saturated heterocycles. The summed E-state index contributed by atoms with van der Waals surface area (Å²) in [5, 5.41) is 10.4. The number of carbonyl (C=O) groups is 1. The standard InChI is InChI=1S/C18H24O2/c1-18-7-2-3-15(18)13-5-4-11-9-12(19)10-16(20)17(11)14(13)6-8-18/h3,9,13-14,16-17,20H,2,4-8,10H2,1H3/t13-,14+,16?,17+,18+/m1/s1. The van der Waals surface area contributed by atoms with Crippen LogP contribution in [-0.4, -0.2) is 17.0 Å². The predicted molar refractivity (Wildman–Crippen MR) is 78.1 cm³/mol. The van der Waals surface area contributed by atoms with Crippen molar-refractivity contribution in [1.29, 1.82) is 0 Å². The number of hydrogen-bond donors (Lipinski definition) is 1. The molecule has 4 aliphatic rings. The van der Waals surface area contributed by atoms with E-state index in [1.165, 1.54) is 37.7 Å². The van der Waals surface area contributed by atoms with Gasteiger partial charge >= 0.3 is 0 Å². The summed E-state index contributed by atoms with van der Waals surface area (Å²) in [7, 11) is 0. The van der Waals surface area contributed by atoms with Crippen LogP contribution in [0.15, 0.2) is 23.3 Å². The Labute approximate surface area is 120 Å². The summed E-state index contributed by atoms with van der Waals surface area (Å²) in [5.41, 5.74) is 3.38. The van der Waals surface area contributed by atoms with Crippen molar-refractivity contribution >= 4 is 5.78 Å². The van der Waals surface area contributed by atoms with Crippen LogP contribution >= 0.6 is 0 Å². The molecule has 0 bridgehead atoms. The van der Waals surface area contributed by atoms with Crippen molar-refractivity contribution in [3.8, 4) is 0 Å². The van der Waals surface area contributed by atoms with Gasteiger partial charge < -0.3 is 5.11 Å². The van der Waals surface area contributed by atoms with E-state index in [2.05, 4.69) is 13.0 Å². The Morgan fingerprint density at radius 2 is 2.15 bits per heavy atom. The van der Waals surface area contributed by atoms with Gasteiger partial charge in [0.25, 0.3) is 0 Å². The fraction of sp³-hybridized carbons (Fsp3) is 0.722. The van der Waals surface area contributed by atoms with Crippen molar-refractivity contribution in [2.24, 2.45) is 23.2 Å². The van der Waals surface area contributed by atoms with Gasteiger partial charge in [0.1, 0.15) is 0 Å². The van der Waals surface area contributed by atoms with Gasteiger partial charge in [-0.1, -0.05) is 24.1 Å². The molecule has 4 aliphatic carbocycles. The molecule has 0 aromatic rings. The van der Waals surface area contributed by atoms with Gasteiger partial charge in [0.05, 0.1) is 6.10 Å². The van der Waals surface area contributed by atoms with Crippen LogP contribution in [0.2, 0.25) is 0 Å². The third kappa shape index (κ3) is 1.70. The normalized spacial score (nSPS) is 47.0. The lowest BCUT2D eigenvalue weighted by molar-refractivity contribution is -0.119. The van der Waals surface area contributed by atoms with Crippen LogP contribution in [0.25, 0.3) is 0 Å². The van der Waals surface area contributed by atoms with Crippen molar-refractivity contribution in [1.82, 2.24) is 0 Å². The second kappa shape index (κ2) is 4.30. The van der Waals surface area contributed by atoms with Crippen molar-refractivity contribution in [3.05, 3.63) is 23.3 Å². The first-order valence-electron chi connectivity index (χ1n) is 8.20. The quantitative estimate of drug-likeness (QED) is 0.686. The highest BCUT2D eigenvalue weighted by atomic mass is 16.3. The SMILES string of the molecule is C[C@@]12CCC=C1[C@@H]1CCC3=CC(=O)CC(O)[C@@H]3[C@H]1CC2. The number of carbonyl (C=O) groups excluding carboxylic acids is 1. The first-order chi connectivity index (χ1) is 9.58. The lowest BCUT2D eigenvalue weighted by Crippen LogP contribution is -2.45. The van der Waals surface area contributed by atoms with E-state index in [1.807, 2.05) is 6.08 Å². The van der Waals surface area contributed by atoms with Crippen LogP contribution in [0, 0.1) is 23.2 Å². The summed E-state index contributed by atoms with van der Waals surface area (Å²) >= 11 is 0. The van der Waals surface area contributed by atoms with E-state index in [1.54, 1.807) is 5.57 Å². The molecule has 2 saturated carbocycles. The summed E-state index contributed by atoms with van der Waals surface area (Å²) in [6, 6.07) is 0. The Morgan fingerprint density at radius 1 is 1.30 bits per heavy atom. The molecule has 1 unspecified atom stereocenters. The van der Waals surface area contributed by atoms with E-state index in [4.69, 9.17) is 0 Å². The van der Waals surface area contributed by atoms with Crippen LogP contribution in [-0.2, 0) is 4.79 Å². The first-order valence-corrected chi connectivity index (χ1v) is 8.20. The molecular formula is C18H24O2. The second-order valence-corrected chi connectivity index (χ2v) is 7.59. The summed E-state index contributed by atoms with van der Waals surface area (Å²) in [5.74, 6) is 1.64. The van der Waals surface area contributed by atoms with Crippen LogP contribution in [0.1, 0.15) is 51.9 Å². The number of ketones is 1. The van der Waals surface area contributed by atoms with Crippen LogP contribution in [0.5, 0.6) is 0 Å². The van der Waals surface area contributed by atoms with Gasteiger partial charge in [0.2, 0.25) is 0 Å². The van der Waals surface area contributed by atoms with E-state index in [-0.39, 0.29) is 11.7 Å². The van der Waals surface area contributed by atoms with E-state index < -0.39 is 6.10 Å². The minimum absolute atomic E-state index is 0.128. The molecule has 108 valence electrons. The Bertz CT molecular complexity index is 516. The molecule has 0 radical (unpaired) electrons. The zero-order valence-corrected chi connectivity index (χ0v) is 12.3. The predicted octanol–water partition coefficient (Wildman–Crippen LogP) is 3.41. The maximum absolute atomic E-state index is 11.7. The summed E-state index contributed by atoms with van der Waals surface area (Å²) < 4.78 is 0. The molecule has 2 heteroatoms. The Kier molecular flexibility index (Phi) is 2.76. The van der Waals surface area contributed by atoms with Crippen LogP contribution in [0.3, 0.4) is 0 Å². The molecule has 20 heavy (non-hydrogen) atoms. The highest BCUT2D eigenvalue weighted by molar-refractivity contribution is 5.92. The van der Waals surface area contributed by atoms with Gasteiger partial charge in [0.15, 0.2) is 5.78 Å². The van der Waals surface area contributed by atoms with E-state index in [9.17, 15) is 9.90 Å². The number of allylic oxidation sites excluding steroid dienone is 3. The molecule has 0 aromatic heterocycles. The number of aliphatic hydroxyl groups excluding tert-OH is 1. The molecule has 5 atom stereocenters. The summed E-state index contributed by atoms with van der Waals surface area (Å²) in [4.78, 5) is 11.7. The molecule has 0 amide bonds. The largest absolute Gasteiger partial charge is 0.392 e. The van der Waals surface area contributed by atoms with Gasteiger partial charge in [-0.05, 0) is 61.9 Å². The molecule has 0 aliphatic heterocycles. The fourth-order valence-electron chi connectivity index (χ4n) is 5.59. The van der Waals surface area contributed by atoms with Gasteiger partial charge in [-0.15, -0.1) is 0 Å². The van der Waals surface area contributed by atoms with Crippen molar-refractivity contribution in [2.45, 2.75) is 58.0 Å². The van der Waals surface area contributed by atoms with Gasteiger partial charge in [0, 0.05) is 12.3 Å². The Balaban J connectivity index is 1.70. The fourth-order valence-corrected chi connectivity index (χ4v) is 5.59. The maximum Gasteiger partial charge on any atom is 0.158 e. The average molecular weight is 272 g/mol. The lowest BCUT2D eigenvalue weighted by Gasteiger charge is -2.51. The van der Waals surface area contributed by atoms with E-state index in [0.717, 1.165) is 6.42 Å². The Morgan fingerprint density at radius 3 is 3.00 bits per heavy atom. The third-order valence-corrected chi connectivity index (χ3v) is 6.51. The molecule has 0 heterocycles. The van der Waals surface area contributed by atoms with E-state index >= 15 is 0 Å². The summed E-state index contributed by atoms with van der Waals surface area (Å²) in [6.45, 7) is 2.44. The molecule has 4 rings (SSSR count). The van der Waals surface area contributed by atoms with Crippen molar-refractivity contribution < 1.29 is 9.90 Å². The zero-order chi connectivity index (χ0) is 13.9. The van der Waals surface area contributed by atoms with Crippen molar-refractivity contribution in [3.63, 3.8) is 0 Å². The topological polar surface area (TPSA) is 37.3 Å². The maximum atomic E-state index is 11.7. The number of rotatable bonds is 0. The van der Waals surface area contributed by atoms with Gasteiger partial charge in [-0.3, -0.25) is 4.79 Å². The second-order valence-electron chi connectivity index (χ2n) is 7.59. The van der Waals surface area contributed by atoms with Crippen molar-refractivity contribution in [2.75, 3.05) is 0 Å². The average Bonchev–Trinajstić information content (AvgIpc) is 2.79. The molecule has 1 N–H and O–H groups in total. The minimum Gasteiger partial charge on any atom is -0.392 e. The highest BCUT2D eigenvalue weighted by Crippen LogP contribution is 2.59. The van der Waals surface area contributed by atoms with Crippen LogP contribution in [0.4, 0.5) is 0 Å². The van der Waals surface area contributed by atoms with E-state index in [0.29, 0.717) is 23.7 Å². The Hall–Kier alpha value is -0.890. The zero-order valence-electron chi connectivity index (χ0n) is 12.3. The number of aliphatic hydroxyl groups is 1. The molecule has 0 aromatic carbocycles. The monoisotopic (exact) mass is 272 g/mol. The molecule has 2 fully saturated rings. The molecule has 0 spiro atoms. The summed E-state index contributed by atoms with van der Waals surface area (Å²) in [6.07, 6.45) is 11.5. The van der Waals surface area contributed by atoms with Gasteiger partial charge in [-0.25, -0.2) is 0 Å². The highest BCUT2D eigenvalue weighted by Gasteiger charge is 2.50. The minimum atomic E-state index is -0.429. The lowest BCUT2D eigenvalue weighted by atomic mass is 9.54. The number of fused-ring (bicyclic) bond motifs is 5. The molecule has 2 nitrogen and oxygen atoms in total. The third-order valence-electron chi connectivity index (χ3n) is 6.51. The van der Waals surface area contributed by atoms with Gasteiger partial charge in [-0.2, -0.15) is 0 Å². The first kappa shape index (κ1) is 12.8. The van der Waals surface area contributed by atoms with Crippen LogP contribution < -0.4 is 0 Å². The molecular weight excluding hydrogens is 248 g/mol.